The fourth-order valence-electron chi connectivity index (χ4n) is 1.41. The van der Waals surface area contributed by atoms with E-state index in [2.05, 4.69) is 15.9 Å². The molecule has 1 nitrogen and oxygen atoms in total. The number of likely N-dealkylation sites (tertiary alicyclic amines) is 1. The van der Waals surface area contributed by atoms with Crippen LogP contribution in [0, 0.1) is 5.92 Å². The van der Waals surface area contributed by atoms with Crippen LogP contribution in [0.3, 0.4) is 0 Å². The van der Waals surface area contributed by atoms with Crippen LogP contribution in [0.1, 0.15) is 6.92 Å². The van der Waals surface area contributed by atoms with E-state index in [0.717, 1.165) is 0 Å². The van der Waals surface area contributed by atoms with Gasteiger partial charge in [0.25, 0.3) is 0 Å². The molecule has 2 atom stereocenters. The van der Waals surface area contributed by atoms with Gasteiger partial charge in [-0.15, -0.1) is 0 Å². The van der Waals surface area contributed by atoms with Crippen molar-refractivity contribution in [2.75, 3.05) is 19.6 Å². The summed E-state index contributed by atoms with van der Waals surface area (Å²) in [6, 6.07) is 0. The third kappa shape index (κ3) is 2.94. The van der Waals surface area contributed by atoms with Gasteiger partial charge in [0.15, 0.2) is 0 Å². The van der Waals surface area contributed by atoms with Crippen LogP contribution in [0.2, 0.25) is 0 Å². The van der Waals surface area contributed by atoms with Crippen molar-refractivity contribution in [1.82, 2.24) is 4.90 Å². The zero-order valence-electron chi connectivity index (χ0n) is 6.74. The SMILES string of the molecule is CC1CN(CC(F)(F)F)CC1Br. The van der Waals surface area contributed by atoms with Crippen LogP contribution in [0.4, 0.5) is 13.2 Å². The standard InChI is InChI=1S/C7H11BrF3N/c1-5-2-12(3-6(5)8)4-7(9,10)11/h5-6H,2-4H2,1H3. The summed E-state index contributed by atoms with van der Waals surface area (Å²) in [6.45, 7) is 2.21. The van der Waals surface area contributed by atoms with Gasteiger partial charge in [0.2, 0.25) is 0 Å². The highest BCUT2D eigenvalue weighted by atomic mass is 79.9. The Morgan fingerprint density at radius 2 is 2.00 bits per heavy atom. The fourth-order valence-corrected chi connectivity index (χ4v) is 1.98. The van der Waals surface area contributed by atoms with Crippen molar-refractivity contribution in [2.24, 2.45) is 5.92 Å². The lowest BCUT2D eigenvalue weighted by Gasteiger charge is -2.16. The molecule has 0 N–H and O–H groups in total. The summed E-state index contributed by atoms with van der Waals surface area (Å²) in [7, 11) is 0. The van der Waals surface area contributed by atoms with Gasteiger partial charge in [-0.3, -0.25) is 4.90 Å². The van der Waals surface area contributed by atoms with Crippen molar-refractivity contribution >= 4 is 15.9 Å². The Morgan fingerprint density at radius 1 is 1.42 bits per heavy atom. The molecule has 0 aromatic heterocycles. The zero-order chi connectivity index (χ0) is 9.35. The third-order valence-electron chi connectivity index (χ3n) is 2.00. The first-order chi connectivity index (χ1) is 5.38. The first-order valence-corrected chi connectivity index (χ1v) is 4.73. The molecule has 1 aliphatic rings. The highest BCUT2D eigenvalue weighted by Gasteiger charge is 2.36. The Balaban J connectivity index is 2.38. The van der Waals surface area contributed by atoms with Gasteiger partial charge in [-0.25, -0.2) is 0 Å². The highest BCUT2D eigenvalue weighted by molar-refractivity contribution is 9.09. The normalized spacial score (nSPS) is 32.8. The first kappa shape index (κ1) is 10.3. The van der Waals surface area contributed by atoms with Gasteiger partial charge >= 0.3 is 6.18 Å². The summed E-state index contributed by atoms with van der Waals surface area (Å²) in [5, 5.41) is 0. The molecule has 0 saturated carbocycles. The molecule has 1 aliphatic heterocycles. The van der Waals surface area contributed by atoms with Crippen LogP contribution in [-0.2, 0) is 0 Å². The minimum Gasteiger partial charge on any atom is -0.294 e. The van der Waals surface area contributed by atoms with E-state index in [1.165, 1.54) is 4.90 Å². The van der Waals surface area contributed by atoms with Gasteiger partial charge in [0, 0.05) is 17.9 Å². The minimum atomic E-state index is -4.06. The predicted octanol–water partition coefficient (Wildman–Crippen LogP) is 2.26. The Morgan fingerprint density at radius 3 is 2.33 bits per heavy atom. The van der Waals surface area contributed by atoms with E-state index in [0.29, 0.717) is 19.0 Å². The van der Waals surface area contributed by atoms with Gasteiger partial charge in [-0.1, -0.05) is 22.9 Å². The van der Waals surface area contributed by atoms with Crippen LogP contribution in [0.25, 0.3) is 0 Å². The molecule has 1 heterocycles. The van der Waals surface area contributed by atoms with Crippen molar-refractivity contribution < 1.29 is 13.2 Å². The molecule has 1 saturated heterocycles. The maximum atomic E-state index is 11.9. The van der Waals surface area contributed by atoms with E-state index in [1.807, 2.05) is 6.92 Å². The van der Waals surface area contributed by atoms with Crippen molar-refractivity contribution in [2.45, 2.75) is 17.9 Å². The molecule has 5 heteroatoms. The van der Waals surface area contributed by atoms with Gasteiger partial charge in [0.05, 0.1) is 6.54 Å². The van der Waals surface area contributed by atoms with Crippen LogP contribution in [0.5, 0.6) is 0 Å². The highest BCUT2D eigenvalue weighted by Crippen LogP contribution is 2.26. The topological polar surface area (TPSA) is 3.24 Å². The number of nitrogens with zero attached hydrogens (tertiary/aromatic N) is 1. The maximum Gasteiger partial charge on any atom is 0.401 e. The number of rotatable bonds is 1. The van der Waals surface area contributed by atoms with Gasteiger partial charge in [-0.2, -0.15) is 13.2 Å². The lowest BCUT2D eigenvalue weighted by Crippen LogP contribution is -2.32. The molecule has 0 amide bonds. The second-order valence-electron chi connectivity index (χ2n) is 3.30. The molecule has 2 unspecified atom stereocenters. The summed E-state index contributed by atoms with van der Waals surface area (Å²) in [5.74, 6) is 0.312. The Labute approximate surface area is 78.0 Å². The van der Waals surface area contributed by atoms with Gasteiger partial charge in [-0.05, 0) is 5.92 Å². The number of alkyl halides is 4. The molecule has 0 aliphatic carbocycles. The van der Waals surface area contributed by atoms with Gasteiger partial charge < -0.3 is 0 Å². The van der Waals surface area contributed by atoms with Crippen LogP contribution in [0.15, 0.2) is 0 Å². The monoisotopic (exact) mass is 245 g/mol. The molecular formula is C7H11BrF3N. The van der Waals surface area contributed by atoms with Crippen LogP contribution in [-0.4, -0.2) is 35.5 Å². The van der Waals surface area contributed by atoms with E-state index in [9.17, 15) is 13.2 Å². The molecule has 0 aromatic rings. The van der Waals surface area contributed by atoms with E-state index in [1.54, 1.807) is 0 Å². The van der Waals surface area contributed by atoms with Gasteiger partial charge in [0.1, 0.15) is 0 Å². The lowest BCUT2D eigenvalue weighted by molar-refractivity contribution is -0.143. The summed E-state index contributed by atoms with van der Waals surface area (Å²) >= 11 is 3.34. The van der Waals surface area contributed by atoms with E-state index in [-0.39, 0.29) is 4.83 Å². The second kappa shape index (κ2) is 3.54. The van der Waals surface area contributed by atoms with E-state index < -0.39 is 12.7 Å². The van der Waals surface area contributed by atoms with E-state index in [4.69, 9.17) is 0 Å². The molecule has 0 aromatic carbocycles. The van der Waals surface area contributed by atoms with Crippen molar-refractivity contribution in [3.8, 4) is 0 Å². The lowest BCUT2D eigenvalue weighted by atomic mass is 10.2. The smallest absolute Gasteiger partial charge is 0.294 e. The van der Waals surface area contributed by atoms with E-state index >= 15 is 0 Å². The maximum absolute atomic E-state index is 11.9. The summed E-state index contributed by atoms with van der Waals surface area (Å²) in [4.78, 5) is 1.64. The summed E-state index contributed by atoms with van der Waals surface area (Å²) in [6.07, 6.45) is -4.06. The number of hydrogen-bond acceptors (Lipinski definition) is 1. The Kier molecular flexibility index (Phi) is 3.04. The molecule has 0 radical (unpaired) electrons. The number of hydrogen-bond donors (Lipinski definition) is 0. The van der Waals surface area contributed by atoms with Crippen molar-refractivity contribution in [3.63, 3.8) is 0 Å². The quantitative estimate of drug-likeness (QED) is 0.641. The van der Waals surface area contributed by atoms with Crippen molar-refractivity contribution in [1.29, 1.82) is 0 Å². The minimum absolute atomic E-state index is 0.208. The summed E-state index contributed by atoms with van der Waals surface area (Å²) in [5.41, 5.74) is 0. The fraction of sp³-hybridized carbons (Fsp3) is 1.00. The van der Waals surface area contributed by atoms with Crippen LogP contribution < -0.4 is 0 Å². The molecule has 72 valence electrons. The molecule has 1 fully saturated rings. The predicted molar refractivity (Wildman–Crippen MR) is 44.4 cm³/mol. The molecular weight excluding hydrogens is 235 g/mol. The second-order valence-corrected chi connectivity index (χ2v) is 4.48. The average molecular weight is 246 g/mol. The molecule has 1 rings (SSSR count). The van der Waals surface area contributed by atoms with Crippen LogP contribution >= 0.6 is 15.9 Å². The molecule has 0 bridgehead atoms. The Hall–Kier alpha value is 0.230. The molecule has 0 spiro atoms. The third-order valence-corrected chi connectivity index (χ3v) is 3.19. The zero-order valence-corrected chi connectivity index (χ0v) is 8.32. The average Bonchev–Trinajstić information content (AvgIpc) is 2.07. The Bertz CT molecular complexity index is 149. The largest absolute Gasteiger partial charge is 0.401 e. The first-order valence-electron chi connectivity index (χ1n) is 3.81. The number of halogens is 4. The van der Waals surface area contributed by atoms with Crippen molar-refractivity contribution in [3.05, 3.63) is 0 Å². The summed E-state index contributed by atoms with van der Waals surface area (Å²) < 4.78 is 35.7. The molecule has 12 heavy (non-hydrogen) atoms.